The third-order valence-corrected chi connectivity index (χ3v) is 2.93. The summed E-state index contributed by atoms with van der Waals surface area (Å²) >= 11 is 0. The zero-order valence-corrected chi connectivity index (χ0v) is 10.3. The van der Waals surface area contributed by atoms with E-state index in [1.807, 2.05) is 31.9 Å². The van der Waals surface area contributed by atoms with E-state index in [1.54, 1.807) is 6.07 Å². The molecule has 1 rings (SSSR count). The van der Waals surface area contributed by atoms with E-state index in [4.69, 9.17) is 5.73 Å². The Kier molecular flexibility index (Phi) is 4.74. The molecule has 0 aliphatic rings. The summed E-state index contributed by atoms with van der Waals surface area (Å²) in [4.78, 5) is 1.92. The van der Waals surface area contributed by atoms with Crippen molar-refractivity contribution in [1.82, 2.24) is 0 Å². The molecule has 0 aromatic heterocycles. The Bertz CT molecular complexity index is 339. The number of hydrogen-bond donors (Lipinski definition) is 1. The minimum absolute atomic E-state index is 0.103. The van der Waals surface area contributed by atoms with Gasteiger partial charge < -0.3 is 10.6 Å². The molecule has 1 aromatic rings. The zero-order chi connectivity index (χ0) is 12.1. The Morgan fingerprint density at radius 3 is 2.62 bits per heavy atom. The van der Waals surface area contributed by atoms with Crippen molar-refractivity contribution in [1.29, 1.82) is 0 Å². The Balaban J connectivity index is 3.02. The molecule has 0 heterocycles. The Morgan fingerprint density at radius 1 is 1.38 bits per heavy atom. The molecule has 1 unspecified atom stereocenters. The standard InChI is InChI=1S/C13H21FN2/c1-4-11(15)9-10-7-6-8-12(14)13(10)16(3)5-2/h6-8,11H,4-5,9,15H2,1-3H3. The van der Waals surface area contributed by atoms with Gasteiger partial charge in [0.1, 0.15) is 5.82 Å². The number of benzene rings is 1. The summed E-state index contributed by atoms with van der Waals surface area (Å²) in [5.41, 5.74) is 7.61. The van der Waals surface area contributed by atoms with E-state index in [2.05, 4.69) is 0 Å². The van der Waals surface area contributed by atoms with Gasteiger partial charge in [0.15, 0.2) is 0 Å². The lowest BCUT2D eigenvalue weighted by Crippen LogP contribution is -2.25. The molecule has 1 atom stereocenters. The molecule has 0 bridgehead atoms. The van der Waals surface area contributed by atoms with Crippen molar-refractivity contribution >= 4 is 5.69 Å². The van der Waals surface area contributed by atoms with Gasteiger partial charge in [0.2, 0.25) is 0 Å². The molecule has 0 spiro atoms. The molecule has 0 radical (unpaired) electrons. The van der Waals surface area contributed by atoms with Crippen LogP contribution in [0.5, 0.6) is 0 Å². The van der Waals surface area contributed by atoms with Gasteiger partial charge in [-0.15, -0.1) is 0 Å². The first-order valence-corrected chi connectivity index (χ1v) is 5.84. The van der Waals surface area contributed by atoms with Crippen LogP contribution in [0.3, 0.4) is 0 Å². The minimum Gasteiger partial charge on any atom is -0.372 e. The molecule has 0 aliphatic heterocycles. The number of nitrogens with two attached hydrogens (primary N) is 1. The number of anilines is 1. The first-order chi connectivity index (χ1) is 7.60. The van der Waals surface area contributed by atoms with Gasteiger partial charge in [-0.3, -0.25) is 0 Å². The summed E-state index contributed by atoms with van der Waals surface area (Å²) in [6.45, 7) is 4.85. The topological polar surface area (TPSA) is 29.3 Å². The summed E-state index contributed by atoms with van der Waals surface area (Å²) in [6, 6.07) is 5.31. The van der Waals surface area contributed by atoms with Gasteiger partial charge in [0, 0.05) is 19.6 Å². The largest absolute Gasteiger partial charge is 0.372 e. The highest BCUT2D eigenvalue weighted by Gasteiger charge is 2.13. The highest BCUT2D eigenvalue weighted by atomic mass is 19.1. The summed E-state index contributed by atoms with van der Waals surface area (Å²) in [5.74, 6) is -0.162. The fraction of sp³-hybridized carbons (Fsp3) is 0.538. The molecule has 90 valence electrons. The van der Waals surface area contributed by atoms with Gasteiger partial charge in [0.05, 0.1) is 5.69 Å². The molecule has 0 amide bonds. The van der Waals surface area contributed by atoms with Gasteiger partial charge in [0.25, 0.3) is 0 Å². The normalized spacial score (nSPS) is 12.6. The van der Waals surface area contributed by atoms with Crippen LogP contribution in [0.2, 0.25) is 0 Å². The van der Waals surface area contributed by atoms with Crippen molar-refractivity contribution in [3.05, 3.63) is 29.6 Å². The van der Waals surface area contributed by atoms with E-state index in [-0.39, 0.29) is 11.9 Å². The van der Waals surface area contributed by atoms with E-state index in [1.165, 1.54) is 6.07 Å². The number of rotatable bonds is 5. The van der Waals surface area contributed by atoms with Crippen molar-refractivity contribution in [2.24, 2.45) is 5.73 Å². The Hall–Kier alpha value is -1.09. The Morgan fingerprint density at radius 2 is 2.06 bits per heavy atom. The molecule has 2 nitrogen and oxygen atoms in total. The first-order valence-electron chi connectivity index (χ1n) is 5.84. The summed E-state index contributed by atoms with van der Waals surface area (Å²) < 4.78 is 13.8. The zero-order valence-electron chi connectivity index (χ0n) is 10.3. The molecule has 0 fully saturated rings. The first kappa shape index (κ1) is 13.0. The minimum atomic E-state index is -0.162. The maximum atomic E-state index is 13.8. The van der Waals surface area contributed by atoms with Crippen molar-refractivity contribution in [2.75, 3.05) is 18.5 Å². The van der Waals surface area contributed by atoms with Crippen LogP contribution in [-0.4, -0.2) is 19.6 Å². The van der Waals surface area contributed by atoms with Gasteiger partial charge in [-0.25, -0.2) is 4.39 Å². The molecular formula is C13H21FN2. The second kappa shape index (κ2) is 5.85. The van der Waals surface area contributed by atoms with Crippen LogP contribution in [0.1, 0.15) is 25.8 Å². The highest BCUT2D eigenvalue weighted by molar-refractivity contribution is 5.54. The van der Waals surface area contributed by atoms with Crippen LogP contribution in [0.4, 0.5) is 10.1 Å². The lowest BCUT2D eigenvalue weighted by molar-refractivity contribution is 0.610. The van der Waals surface area contributed by atoms with Gasteiger partial charge in [-0.05, 0) is 31.4 Å². The van der Waals surface area contributed by atoms with Gasteiger partial charge in [-0.1, -0.05) is 19.1 Å². The number of para-hydroxylation sites is 1. The van der Waals surface area contributed by atoms with Gasteiger partial charge >= 0.3 is 0 Å². The van der Waals surface area contributed by atoms with Crippen LogP contribution in [0.15, 0.2) is 18.2 Å². The molecule has 0 aliphatic carbocycles. The van der Waals surface area contributed by atoms with Crippen LogP contribution in [-0.2, 0) is 6.42 Å². The summed E-state index contributed by atoms with van der Waals surface area (Å²) in [7, 11) is 1.90. The fourth-order valence-electron chi connectivity index (χ4n) is 1.74. The third-order valence-electron chi connectivity index (χ3n) is 2.93. The van der Waals surface area contributed by atoms with Crippen LogP contribution >= 0.6 is 0 Å². The molecule has 3 heteroatoms. The maximum Gasteiger partial charge on any atom is 0.146 e. The van der Waals surface area contributed by atoms with E-state index in [9.17, 15) is 4.39 Å². The lowest BCUT2D eigenvalue weighted by Gasteiger charge is -2.22. The van der Waals surface area contributed by atoms with Gasteiger partial charge in [-0.2, -0.15) is 0 Å². The quantitative estimate of drug-likeness (QED) is 0.833. The molecule has 16 heavy (non-hydrogen) atoms. The molecule has 2 N–H and O–H groups in total. The van der Waals surface area contributed by atoms with Crippen molar-refractivity contribution in [3.8, 4) is 0 Å². The number of hydrogen-bond acceptors (Lipinski definition) is 2. The van der Waals surface area contributed by atoms with Crippen molar-refractivity contribution < 1.29 is 4.39 Å². The Labute approximate surface area is 97.3 Å². The monoisotopic (exact) mass is 224 g/mol. The van der Waals surface area contributed by atoms with Crippen LogP contribution in [0, 0.1) is 5.82 Å². The van der Waals surface area contributed by atoms with Crippen molar-refractivity contribution in [3.63, 3.8) is 0 Å². The lowest BCUT2D eigenvalue weighted by atomic mass is 10.0. The second-order valence-corrected chi connectivity index (χ2v) is 4.13. The third kappa shape index (κ3) is 2.95. The summed E-state index contributed by atoms with van der Waals surface area (Å²) in [6.07, 6.45) is 1.64. The predicted octanol–water partition coefficient (Wildman–Crippen LogP) is 2.56. The number of halogens is 1. The highest BCUT2D eigenvalue weighted by Crippen LogP contribution is 2.24. The van der Waals surface area contributed by atoms with E-state index in [0.29, 0.717) is 5.69 Å². The molecule has 0 saturated carbocycles. The summed E-state index contributed by atoms with van der Waals surface area (Å²) in [5, 5.41) is 0. The average Bonchev–Trinajstić information content (AvgIpc) is 2.28. The molecule has 0 saturated heterocycles. The number of nitrogens with zero attached hydrogens (tertiary/aromatic N) is 1. The van der Waals surface area contributed by atoms with E-state index < -0.39 is 0 Å². The van der Waals surface area contributed by atoms with Crippen LogP contribution in [0.25, 0.3) is 0 Å². The SMILES string of the molecule is CCC(N)Cc1cccc(F)c1N(C)CC. The van der Waals surface area contributed by atoms with E-state index >= 15 is 0 Å². The maximum absolute atomic E-state index is 13.8. The molecule has 1 aromatic carbocycles. The fourth-order valence-corrected chi connectivity index (χ4v) is 1.74. The van der Waals surface area contributed by atoms with Crippen molar-refractivity contribution in [2.45, 2.75) is 32.7 Å². The van der Waals surface area contributed by atoms with Crippen LogP contribution < -0.4 is 10.6 Å². The smallest absolute Gasteiger partial charge is 0.146 e. The van der Waals surface area contributed by atoms with E-state index in [0.717, 1.165) is 24.9 Å². The predicted molar refractivity (Wildman–Crippen MR) is 67.3 cm³/mol. The molecular weight excluding hydrogens is 203 g/mol. The second-order valence-electron chi connectivity index (χ2n) is 4.13. The average molecular weight is 224 g/mol.